The van der Waals surface area contributed by atoms with Crippen LogP contribution in [0.1, 0.15) is 54.5 Å². The van der Waals surface area contributed by atoms with Crippen LogP contribution in [0.5, 0.6) is 5.75 Å². The van der Waals surface area contributed by atoms with Crippen molar-refractivity contribution in [3.05, 3.63) is 71.3 Å². The molecule has 2 N–H and O–H groups in total. The average molecular weight is 577 g/mol. The number of anilines is 2. The molecule has 1 amide bonds. The van der Waals surface area contributed by atoms with Gasteiger partial charge in [-0.05, 0) is 68.4 Å². The Kier molecular flexibility index (Phi) is 9.22. The second-order valence-electron chi connectivity index (χ2n) is 10.6. The molecule has 0 unspecified atom stereocenters. The first-order valence-corrected chi connectivity index (χ1v) is 14.8. The van der Waals surface area contributed by atoms with Crippen molar-refractivity contribution in [2.24, 2.45) is 0 Å². The minimum absolute atomic E-state index is 0.0661. The molecule has 1 aromatic carbocycles. The van der Waals surface area contributed by atoms with Gasteiger partial charge >= 0.3 is 0 Å². The summed E-state index contributed by atoms with van der Waals surface area (Å²) in [6.07, 6.45) is 3.29. The minimum Gasteiger partial charge on any atom is -0.494 e. The zero-order chi connectivity index (χ0) is 28.9. The van der Waals surface area contributed by atoms with Gasteiger partial charge in [0.25, 0.3) is 0 Å². The topological polar surface area (TPSA) is 83.9 Å². The van der Waals surface area contributed by atoms with Crippen LogP contribution >= 0.6 is 12.2 Å². The maximum Gasteiger partial charge on any atom is 0.224 e. The number of nitrogens with zero attached hydrogens (tertiary/aromatic N) is 4. The largest absolute Gasteiger partial charge is 0.494 e. The number of aromatic nitrogens is 2. The molecule has 2 aromatic heterocycles. The highest BCUT2D eigenvalue weighted by Gasteiger charge is 2.42. The van der Waals surface area contributed by atoms with Crippen LogP contribution in [0.2, 0.25) is 0 Å². The van der Waals surface area contributed by atoms with Crippen LogP contribution in [-0.4, -0.2) is 65.4 Å². The van der Waals surface area contributed by atoms with Crippen molar-refractivity contribution >= 4 is 34.6 Å². The lowest BCUT2D eigenvalue weighted by molar-refractivity contribution is -0.115. The fourth-order valence-electron chi connectivity index (χ4n) is 5.87. The maximum absolute atomic E-state index is 12.1. The lowest BCUT2D eigenvalue weighted by Crippen LogP contribution is -2.37. The van der Waals surface area contributed by atoms with E-state index >= 15 is 0 Å². The minimum atomic E-state index is -0.142. The Balaban J connectivity index is 1.49. The van der Waals surface area contributed by atoms with E-state index in [-0.39, 0.29) is 18.0 Å². The number of morpholine rings is 1. The number of rotatable bonds is 10. The molecular formula is C31H40N6O3S. The molecule has 9 nitrogen and oxygen atoms in total. The van der Waals surface area contributed by atoms with Gasteiger partial charge in [-0.15, -0.1) is 0 Å². The van der Waals surface area contributed by atoms with Gasteiger partial charge < -0.3 is 29.6 Å². The van der Waals surface area contributed by atoms with Crippen molar-refractivity contribution in [1.29, 1.82) is 0 Å². The second kappa shape index (κ2) is 13.0. The van der Waals surface area contributed by atoms with Crippen molar-refractivity contribution in [1.82, 2.24) is 19.8 Å². The monoisotopic (exact) mass is 576 g/mol. The van der Waals surface area contributed by atoms with Gasteiger partial charge in [0.15, 0.2) is 5.11 Å². The summed E-state index contributed by atoms with van der Waals surface area (Å²) in [5.74, 6) is 0.518. The molecular weight excluding hydrogens is 536 g/mol. The van der Waals surface area contributed by atoms with Gasteiger partial charge in [-0.2, -0.15) is 0 Å². The molecule has 5 rings (SSSR count). The van der Waals surface area contributed by atoms with Crippen LogP contribution < -0.4 is 20.3 Å². The third-order valence-electron chi connectivity index (χ3n) is 8.05. The number of ether oxygens (including phenoxy) is 2. The number of thiocarbonyl (C=S) groups is 1. The Morgan fingerprint density at radius 1 is 1.17 bits per heavy atom. The molecule has 2 aliphatic heterocycles. The highest BCUT2D eigenvalue weighted by atomic mass is 32.1. The summed E-state index contributed by atoms with van der Waals surface area (Å²) >= 11 is 5.96. The zero-order valence-corrected chi connectivity index (χ0v) is 25.2. The molecule has 0 spiro atoms. The molecule has 2 saturated heterocycles. The Hall–Kier alpha value is -3.47. The zero-order valence-electron chi connectivity index (χ0n) is 24.4. The van der Waals surface area contributed by atoms with E-state index in [1.807, 2.05) is 49.5 Å². The molecule has 10 heteroatoms. The van der Waals surface area contributed by atoms with Crippen LogP contribution in [-0.2, 0) is 16.1 Å². The summed E-state index contributed by atoms with van der Waals surface area (Å²) in [6.45, 7) is 11.9. The van der Waals surface area contributed by atoms with Crippen molar-refractivity contribution in [3.63, 3.8) is 0 Å². The predicted molar refractivity (Wildman–Crippen MR) is 166 cm³/mol. The number of methoxy groups -OCH3 is 1. The van der Waals surface area contributed by atoms with Gasteiger partial charge in [-0.1, -0.05) is 13.0 Å². The Morgan fingerprint density at radius 2 is 1.98 bits per heavy atom. The summed E-state index contributed by atoms with van der Waals surface area (Å²) < 4.78 is 13.6. The third kappa shape index (κ3) is 6.24. The number of carbonyl (C=O) groups excluding carboxylic acids is 1. The number of pyridine rings is 1. The Morgan fingerprint density at radius 3 is 2.68 bits per heavy atom. The van der Waals surface area contributed by atoms with Crippen molar-refractivity contribution < 1.29 is 14.3 Å². The first-order chi connectivity index (χ1) is 19.9. The molecule has 0 saturated carbocycles. The summed E-state index contributed by atoms with van der Waals surface area (Å²) in [6, 6.07) is 13.8. The van der Waals surface area contributed by atoms with Gasteiger partial charge in [0.05, 0.1) is 43.8 Å². The number of benzene rings is 1. The molecule has 2 fully saturated rings. The molecule has 218 valence electrons. The number of hydrogen-bond acceptors (Lipinski definition) is 6. The normalized spacial score (nSPS) is 19.3. The number of aryl methyl sites for hydroxylation is 1. The lowest BCUT2D eigenvalue weighted by Gasteiger charge is -2.29. The highest BCUT2D eigenvalue weighted by molar-refractivity contribution is 7.80. The first kappa shape index (κ1) is 29.0. The van der Waals surface area contributed by atoms with Crippen LogP contribution in [0.25, 0.3) is 0 Å². The SMILES string of the molecule is CCC(=O)Nc1ccc(N2C(=S)N[C@@H](c3ccccn3)[C@H]2c2cc(C)n(CCCN3CCOCC3)c2C)cc1OC. The van der Waals surface area contributed by atoms with Crippen LogP contribution in [0.4, 0.5) is 11.4 Å². The number of amides is 1. The average Bonchev–Trinajstić information content (AvgIpc) is 3.49. The number of hydrogen-bond donors (Lipinski definition) is 2. The van der Waals surface area contributed by atoms with E-state index in [1.165, 1.54) is 17.0 Å². The van der Waals surface area contributed by atoms with Crippen molar-refractivity contribution in [2.45, 2.75) is 52.2 Å². The van der Waals surface area contributed by atoms with Gasteiger partial charge in [-0.3, -0.25) is 14.7 Å². The number of nitrogens with one attached hydrogen (secondary N) is 2. The standard InChI is InChI=1S/C31H40N6O3S/c1-5-28(38)33-25-11-10-23(20-27(25)39-4)37-30(29(34-31(37)41)26-9-6-7-12-32-26)24-19-21(2)36(22(24)3)14-8-13-35-15-17-40-18-16-35/h6-7,9-12,19-20,29-30H,5,8,13-18H2,1-4H3,(H,33,38)(H,34,41)/t29-,30+/m0/s1. The summed E-state index contributed by atoms with van der Waals surface area (Å²) in [5, 5.41) is 7.11. The van der Waals surface area contributed by atoms with Gasteiger partial charge in [0.2, 0.25) is 5.91 Å². The van der Waals surface area contributed by atoms with Gasteiger partial charge in [0, 0.05) is 61.9 Å². The predicted octanol–water partition coefficient (Wildman–Crippen LogP) is 4.76. The molecule has 2 aliphatic rings. The van der Waals surface area contributed by atoms with E-state index in [9.17, 15) is 4.79 Å². The second-order valence-corrected chi connectivity index (χ2v) is 11.0. The van der Waals surface area contributed by atoms with Crippen molar-refractivity contribution in [2.75, 3.05) is 50.2 Å². The van der Waals surface area contributed by atoms with Crippen LogP contribution in [0.3, 0.4) is 0 Å². The smallest absolute Gasteiger partial charge is 0.224 e. The van der Waals surface area contributed by atoms with Gasteiger partial charge in [-0.25, -0.2) is 0 Å². The van der Waals surface area contributed by atoms with E-state index in [2.05, 4.69) is 44.9 Å². The molecule has 0 radical (unpaired) electrons. The molecule has 4 heterocycles. The van der Waals surface area contributed by atoms with E-state index in [4.69, 9.17) is 26.7 Å². The fraction of sp³-hybridized carbons (Fsp3) is 0.452. The van der Waals surface area contributed by atoms with E-state index in [1.54, 1.807) is 7.11 Å². The molecule has 2 atom stereocenters. The first-order valence-electron chi connectivity index (χ1n) is 14.4. The fourth-order valence-corrected chi connectivity index (χ4v) is 6.22. The van der Waals surface area contributed by atoms with Crippen LogP contribution in [0.15, 0.2) is 48.7 Å². The quantitative estimate of drug-likeness (QED) is 0.335. The summed E-state index contributed by atoms with van der Waals surface area (Å²) in [4.78, 5) is 21.4. The highest BCUT2D eigenvalue weighted by Crippen LogP contribution is 2.44. The van der Waals surface area contributed by atoms with E-state index in [0.717, 1.165) is 57.2 Å². The Bertz CT molecular complexity index is 1370. The third-order valence-corrected chi connectivity index (χ3v) is 8.36. The molecule has 0 aliphatic carbocycles. The van der Waals surface area contributed by atoms with Crippen molar-refractivity contribution in [3.8, 4) is 5.75 Å². The van der Waals surface area contributed by atoms with E-state index < -0.39 is 0 Å². The number of carbonyl (C=O) groups is 1. The van der Waals surface area contributed by atoms with E-state index in [0.29, 0.717) is 23.0 Å². The molecule has 3 aromatic rings. The summed E-state index contributed by atoms with van der Waals surface area (Å²) in [7, 11) is 1.61. The van der Waals surface area contributed by atoms with Crippen LogP contribution in [0, 0.1) is 13.8 Å². The maximum atomic E-state index is 12.1. The van der Waals surface area contributed by atoms with Gasteiger partial charge in [0.1, 0.15) is 5.75 Å². The summed E-state index contributed by atoms with van der Waals surface area (Å²) in [5.41, 5.74) is 6.11. The lowest BCUT2D eigenvalue weighted by atomic mass is 9.96. The Labute approximate surface area is 247 Å². The molecule has 41 heavy (non-hydrogen) atoms. The molecule has 0 bridgehead atoms.